The Hall–Kier alpha value is -4.79. The molecule has 0 spiro atoms. The molecular weight excluding hydrogens is 468 g/mol. The van der Waals surface area contributed by atoms with Gasteiger partial charge in [-0.25, -0.2) is 9.59 Å². The Morgan fingerprint density at radius 3 is 2.06 bits per heavy atom. The van der Waals surface area contributed by atoms with E-state index in [9.17, 15) is 14.4 Å². The summed E-state index contributed by atoms with van der Waals surface area (Å²) in [6, 6.07) is 15.5. The molecule has 184 valence electrons. The summed E-state index contributed by atoms with van der Waals surface area (Å²) in [5.74, 6) is 0.134. The third-order valence-corrected chi connectivity index (χ3v) is 5.32. The number of esters is 2. The summed E-state index contributed by atoms with van der Waals surface area (Å²) in [6.45, 7) is 1.58. The van der Waals surface area contributed by atoms with Crippen LogP contribution >= 0.6 is 0 Å². The zero-order valence-electron chi connectivity index (χ0n) is 19.9. The standard InChI is InChI=1S/C27H22O9/c1-15-25(35-17-10-8-16(9-11-17)26(29)33-4)24(28)19-13-12-18(14-22(19)34-15)36-27(30)23-20(31-2)6-5-7-21(23)32-3/h5-14H,1-4H3. The molecule has 36 heavy (non-hydrogen) atoms. The molecule has 0 bridgehead atoms. The highest BCUT2D eigenvalue weighted by Gasteiger charge is 2.21. The van der Waals surface area contributed by atoms with E-state index in [0.29, 0.717) is 22.8 Å². The van der Waals surface area contributed by atoms with Crippen molar-refractivity contribution in [2.24, 2.45) is 0 Å². The molecular formula is C27H22O9. The van der Waals surface area contributed by atoms with Crippen LogP contribution in [0.5, 0.6) is 28.7 Å². The van der Waals surface area contributed by atoms with Crippen LogP contribution in [0.2, 0.25) is 0 Å². The van der Waals surface area contributed by atoms with Crippen LogP contribution in [0.1, 0.15) is 26.5 Å². The van der Waals surface area contributed by atoms with E-state index in [0.717, 1.165) is 0 Å². The summed E-state index contributed by atoms with van der Waals surface area (Å²) in [5, 5.41) is 0.233. The summed E-state index contributed by atoms with van der Waals surface area (Å²) >= 11 is 0. The number of benzene rings is 3. The Morgan fingerprint density at radius 2 is 1.44 bits per heavy atom. The monoisotopic (exact) mass is 490 g/mol. The van der Waals surface area contributed by atoms with Crippen LogP contribution in [0, 0.1) is 6.92 Å². The third kappa shape index (κ3) is 4.72. The van der Waals surface area contributed by atoms with Crippen LogP contribution in [0.4, 0.5) is 0 Å². The highest BCUT2D eigenvalue weighted by Crippen LogP contribution is 2.31. The summed E-state index contributed by atoms with van der Waals surface area (Å²) in [5.41, 5.74) is 0.278. The molecule has 4 aromatic rings. The maximum Gasteiger partial charge on any atom is 0.351 e. The van der Waals surface area contributed by atoms with Crippen LogP contribution in [0.25, 0.3) is 11.0 Å². The van der Waals surface area contributed by atoms with Crippen molar-refractivity contribution in [3.63, 3.8) is 0 Å². The topological polar surface area (TPSA) is 110 Å². The predicted molar refractivity (Wildman–Crippen MR) is 130 cm³/mol. The molecule has 0 radical (unpaired) electrons. The number of aryl methyl sites for hydroxylation is 1. The number of carbonyl (C=O) groups is 2. The van der Waals surface area contributed by atoms with Crippen molar-refractivity contribution in [1.29, 1.82) is 0 Å². The Kier molecular flexibility index (Phi) is 6.91. The summed E-state index contributed by atoms with van der Waals surface area (Å²) in [7, 11) is 4.16. The molecule has 4 rings (SSSR count). The minimum Gasteiger partial charge on any atom is -0.496 e. The minimum atomic E-state index is -0.696. The Bertz CT molecular complexity index is 1480. The second kappa shape index (κ2) is 10.2. The SMILES string of the molecule is COC(=O)c1ccc(Oc2c(C)oc3cc(OC(=O)c4c(OC)cccc4OC)ccc3c2=O)cc1. The van der Waals surface area contributed by atoms with Crippen molar-refractivity contribution in [3.8, 4) is 28.7 Å². The first-order chi connectivity index (χ1) is 17.4. The van der Waals surface area contributed by atoms with Crippen molar-refractivity contribution in [3.05, 3.63) is 87.8 Å². The molecule has 0 saturated heterocycles. The van der Waals surface area contributed by atoms with Gasteiger partial charge in [-0.2, -0.15) is 0 Å². The number of ether oxygens (including phenoxy) is 5. The van der Waals surface area contributed by atoms with Crippen LogP contribution in [-0.4, -0.2) is 33.3 Å². The minimum absolute atomic E-state index is 0.00294. The van der Waals surface area contributed by atoms with E-state index in [4.69, 9.17) is 23.4 Å². The van der Waals surface area contributed by atoms with Gasteiger partial charge in [0.2, 0.25) is 11.2 Å². The fourth-order valence-corrected chi connectivity index (χ4v) is 3.56. The highest BCUT2D eigenvalue weighted by molar-refractivity contribution is 5.97. The van der Waals surface area contributed by atoms with Gasteiger partial charge in [-0.15, -0.1) is 0 Å². The van der Waals surface area contributed by atoms with Gasteiger partial charge < -0.3 is 28.1 Å². The summed E-state index contributed by atoms with van der Waals surface area (Å²) in [4.78, 5) is 37.6. The van der Waals surface area contributed by atoms with Crippen molar-refractivity contribution in [1.82, 2.24) is 0 Å². The van der Waals surface area contributed by atoms with Gasteiger partial charge in [0.05, 0.1) is 32.3 Å². The largest absolute Gasteiger partial charge is 0.496 e. The number of rotatable bonds is 7. The van der Waals surface area contributed by atoms with Crippen molar-refractivity contribution in [2.75, 3.05) is 21.3 Å². The first kappa shape index (κ1) is 24.3. The lowest BCUT2D eigenvalue weighted by molar-refractivity contribution is 0.0600. The molecule has 1 heterocycles. The fraction of sp³-hybridized carbons (Fsp3) is 0.148. The van der Waals surface area contributed by atoms with E-state index in [1.165, 1.54) is 51.7 Å². The van der Waals surface area contributed by atoms with Crippen LogP contribution in [0.3, 0.4) is 0 Å². The van der Waals surface area contributed by atoms with E-state index in [1.54, 1.807) is 37.3 Å². The molecule has 0 unspecified atom stereocenters. The second-order valence-corrected chi connectivity index (χ2v) is 7.52. The van der Waals surface area contributed by atoms with E-state index in [1.807, 2.05) is 0 Å². The zero-order valence-corrected chi connectivity index (χ0v) is 19.9. The van der Waals surface area contributed by atoms with Gasteiger partial charge in [0, 0.05) is 6.07 Å². The molecule has 0 atom stereocenters. The molecule has 9 heteroatoms. The van der Waals surface area contributed by atoms with Crippen molar-refractivity contribution < 1.29 is 37.7 Å². The van der Waals surface area contributed by atoms with Gasteiger partial charge in [0.25, 0.3) is 0 Å². The van der Waals surface area contributed by atoms with E-state index in [2.05, 4.69) is 4.74 Å². The molecule has 0 aliphatic carbocycles. The number of hydrogen-bond donors (Lipinski definition) is 0. The third-order valence-electron chi connectivity index (χ3n) is 5.32. The molecule has 0 fully saturated rings. The summed E-state index contributed by atoms with van der Waals surface area (Å²) in [6.07, 6.45) is 0. The Balaban J connectivity index is 1.62. The number of fused-ring (bicyclic) bond motifs is 1. The highest BCUT2D eigenvalue weighted by atomic mass is 16.5. The molecule has 9 nitrogen and oxygen atoms in total. The number of hydrogen-bond acceptors (Lipinski definition) is 9. The van der Waals surface area contributed by atoms with Gasteiger partial charge >= 0.3 is 11.9 Å². The molecule has 3 aromatic carbocycles. The van der Waals surface area contributed by atoms with Crippen LogP contribution in [0.15, 0.2) is 69.9 Å². The second-order valence-electron chi connectivity index (χ2n) is 7.52. The molecule has 0 aliphatic rings. The first-order valence-electron chi connectivity index (χ1n) is 10.7. The van der Waals surface area contributed by atoms with Gasteiger partial charge in [0.15, 0.2) is 0 Å². The fourth-order valence-electron chi connectivity index (χ4n) is 3.56. The smallest absolute Gasteiger partial charge is 0.351 e. The van der Waals surface area contributed by atoms with E-state index in [-0.39, 0.29) is 33.8 Å². The normalized spacial score (nSPS) is 10.6. The summed E-state index contributed by atoms with van der Waals surface area (Å²) < 4.78 is 32.2. The number of carbonyl (C=O) groups excluding carboxylic acids is 2. The quantitative estimate of drug-likeness (QED) is 0.263. The van der Waals surface area contributed by atoms with E-state index < -0.39 is 17.4 Å². The molecule has 1 aromatic heterocycles. The zero-order chi connectivity index (χ0) is 25.8. The Morgan fingerprint density at radius 1 is 0.806 bits per heavy atom. The van der Waals surface area contributed by atoms with Gasteiger partial charge in [-0.1, -0.05) is 6.07 Å². The first-order valence-corrected chi connectivity index (χ1v) is 10.7. The number of methoxy groups -OCH3 is 3. The molecule has 0 amide bonds. The molecule has 0 aliphatic heterocycles. The van der Waals surface area contributed by atoms with Gasteiger partial charge in [0.1, 0.15) is 39.9 Å². The maximum absolute atomic E-state index is 13.1. The van der Waals surface area contributed by atoms with Gasteiger partial charge in [-0.3, -0.25) is 4.79 Å². The average molecular weight is 490 g/mol. The molecule has 0 saturated carbocycles. The maximum atomic E-state index is 13.1. The van der Waals surface area contributed by atoms with E-state index >= 15 is 0 Å². The van der Waals surface area contributed by atoms with Crippen molar-refractivity contribution in [2.45, 2.75) is 6.92 Å². The predicted octanol–water partition coefficient (Wildman–Crippen LogP) is 4.92. The lowest BCUT2D eigenvalue weighted by atomic mass is 10.1. The van der Waals surface area contributed by atoms with Crippen molar-refractivity contribution >= 4 is 22.9 Å². The van der Waals surface area contributed by atoms with Crippen LogP contribution < -0.4 is 24.4 Å². The van der Waals surface area contributed by atoms with Gasteiger partial charge in [-0.05, 0) is 55.5 Å². The Labute approximate surface area is 205 Å². The van der Waals surface area contributed by atoms with Crippen LogP contribution in [-0.2, 0) is 4.74 Å². The average Bonchev–Trinajstić information content (AvgIpc) is 2.90. The molecule has 0 N–H and O–H groups in total. The lowest BCUT2D eigenvalue weighted by Crippen LogP contribution is -2.12. The lowest BCUT2D eigenvalue weighted by Gasteiger charge is -2.13.